The number of halogens is 4. The summed E-state index contributed by atoms with van der Waals surface area (Å²) in [6.07, 6.45) is -3.36. The highest BCUT2D eigenvalue weighted by Crippen LogP contribution is 2.37. The molecule has 0 aliphatic heterocycles. The van der Waals surface area contributed by atoms with Gasteiger partial charge in [0, 0.05) is 6.04 Å². The van der Waals surface area contributed by atoms with Gasteiger partial charge in [-0.05, 0) is 31.4 Å². The number of rotatable bonds is 2. The van der Waals surface area contributed by atoms with E-state index < -0.39 is 30.0 Å². The molecule has 3 nitrogen and oxygen atoms in total. The van der Waals surface area contributed by atoms with Crippen LogP contribution in [-0.4, -0.2) is 18.2 Å². The van der Waals surface area contributed by atoms with Gasteiger partial charge in [0.05, 0.1) is 11.6 Å². The Kier molecular flexibility index (Phi) is 4.69. The first-order chi connectivity index (χ1) is 9.86. The van der Waals surface area contributed by atoms with Gasteiger partial charge in [-0.25, -0.2) is 9.18 Å². The van der Waals surface area contributed by atoms with E-state index in [1.165, 1.54) is 18.2 Å². The normalized spacial score (nSPS) is 22.7. The summed E-state index contributed by atoms with van der Waals surface area (Å²) in [5.74, 6) is -1.98. The van der Waals surface area contributed by atoms with Gasteiger partial charge >= 0.3 is 12.2 Å². The smallest absolute Gasteiger partial charge is 0.335 e. The van der Waals surface area contributed by atoms with Crippen LogP contribution in [0.15, 0.2) is 24.3 Å². The Bertz CT molecular complexity index is 504. The highest BCUT2D eigenvalue weighted by atomic mass is 19.4. The number of carbonyl (C=O) groups is 1. The Morgan fingerprint density at radius 3 is 2.57 bits per heavy atom. The summed E-state index contributed by atoms with van der Waals surface area (Å²) in [7, 11) is 0. The molecule has 0 aromatic heterocycles. The lowest BCUT2D eigenvalue weighted by atomic mass is 9.85. The molecule has 21 heavy (non-hydrogen) atoms. The number of hydrogen-bond donors (Lipinski definition) is 2. The Morgan fingerprint density at radius 1 is 1.19 bits per heavy atom. The standard InChI is InChI=1S/C14H16F4N2O/c15-11-6-1-2-7-12(11)20-13(21)19-10-5-3-4-9(8-10)14(16,17)18/h1-2,6-7,9-10H,3-5,8H2,(H2,19,20,21). The topological polar surface area (TPSA) is 41.1 Å². The first-order valence-electron chi connectivity index (χ1n) is 6.75. The third kappa shape index (κ3) is 4.34. The highest BCUT2D eigenvalue weighted by Gasteiger charge is 2.42. The SMILES string of the molecule is O=C(Nc1ccccc1F)NC1CCCC(C(F)(F)F)C1. The van der Waals surface area contributed by atoms with Crippen molar-refractivity contribution in [3.8, 4) is 0 Å². The van der Waals surface area contributed by atoms with Crippen LogP contribution in [0.1, 0.15) is 25.7 Å². The Hall–Kier alpha value is -1.79. The summed E-state index contributed by atoms with van der Waals surface area (Å²) >= 11 is 0. The van der Waals surface area contributed by atoms with Crippen LogP contribution < -0.4 is 10.6 Å². The molecule has 0 spiro atoms. The summed E-state index contributed by atoms with van der Waals surface area (Å²) in [4.78, 5) is 11.7. The number of carbonyl (C=O) groups excluding carboxylic acids is 1. The molecule has 0 heterocycles. The van der Waals surface area contributed by atoms with E-state index in [2.05, 4.69) is 10.6 Å². The minimum Gasteiger partial charge on any atom is -0.335 e. The van der Waals surface area contributed by atoms with Gasteiger partial charge in [0.25, 0.3) is 0 Å². The van der Waals surface area contributed by atoms with E-state index in [9.17, 15) is 22.4 Å². The van der Waals surface area contributed by atoms with E-state index in [1.807, 2.05) is 0 Å². The molecule has 7 heteroatoms. The Balaban J connectivity index is 1.89. The first-order valence-corrected chi connectivity index (χ1v) is 6.75. The van der Waals surface area contributed by atoms with Gasteiger partial charge in [0.15, 0.2) is 0 Å². The molecule has 2 atom stereocenters. The number of anilines is 1. The Labute approximate surface area is 119 Å². The van der Waals surface area contributed by atoms with Crippen molar-refractivity contribution in [2.75, 3.05) is 5.32 Å². The molecular weight excluding hydrogens is 288 g/mol. The molecule has 1 aromatic rings. The van der Waals surface area contributed by atoms with Crippen molar-refractivity contribution < 1.29 is 22.4 Å². The third-order valence-corrected chi connectivity index (χ3v) is 3.59. The van der Waals surface area contributed by atoms with Crippen molar-refractivity contribution in [1.29, 1.82) is 0 Å². The molecule has 2 rings (SSSR count). The molecule has 2 amide bonds. The second kappa shape index (κ2) is 6.32. The lowest BCUT2D eigenvalue weighted by Crippen LogP contribution is -2.43. The largest absolute Gasteiger partial charge is 0.391 e. The number of para-hydroxylation sites is 1. The summed E-state index contributed by atoms with van der Waals surface area (Å²) in [6, 6.07) is 4.38. The second-order valence-electron chi connectivity index (χ2n) is 5.18. The fourth-order valence-electron chi connectivity index (χ4n) is 2.52. The molecule has 0 saturated heterocycles. The summed E-state index contributed by atoms with van der Waals surface area (Å²) < 4.78 is 51.4. The van der Waals surface area contributed by atoms with Crippen LogP contribution in [0.4, 0.5) is 28.0 Å². The number of alkyl halides is 3. The van der Waals surface area contributed by atoms with Crippen molar-refractivity contribution in [1.82, 2.24) is 5.32 Å². The van der Waals surface area contributed by atoms with E-state index in [-0.39, 0.29) is 18.5 Å². The highest BCUT2D eigenvalue weighted by molar-refractivity contribution is 5.89. The minimum atomic E-state index is -4.23. The van der Waals surface area contributed by atoms with Crippen molar-refractivity contribution >= 4 is 11.7 Å². The zero-order valence-electron chi connectivity index (χ0n) is 11.2. The van der Waals surface area contributed by atoms with Crippen LogP contribution in [0.5, 0.6) is 0 Å². The van der Waals surface area contributed by atoms with Gasteiger partial charge in [0.2, 0.25) is 0 Å². The van der Waals surface area contributed by atoms with Crippen molar-refractivity contribution in [3.63, 3.8) is 0 Å². The minimum absolute atomic E-state index is 0.00168. The third-order valence-electron chi connectivity index (χ3n) is 3.59. The molecule has 1 aromatic carbocycles. The van der Waals surface area contributed by atoms with E-state index >= 15 is 0 Å². The summed E-state index contributed by atoms with van der Waals surface area (Å²) in [6.45, 7) is 0. The lowest BCUT2D eigenvalue weighted by Gasteiger charge is -2.31. The van der Waals surface area contributed by atoms with E-state index in [0.717, 1.165) is 0 Å². The second-order valence-corrected chi connectivity index (χ2v) is 5.18. The predicted octanol–water partition coefficient (Wildman–Crippen LogP) is 4.07. The molecule has 2 N–H and O–H groups in total. The van der Waals surface area contributed by atoms with Crippen LogP contribution in [-0.2, 0) is 0 Å². The van der Waals surface area contributed by atoms with E-state index in [0.29, 0.717) is 12.8 Å². The van der Waals surface area contributed by atoms with E-state index in [4.69, 9.17) is 0 Å². The predicted molar refractivity (Wildman–Crippen MR) is 70.4 cm³/mol. The van der Waals surface area contributed by atoms with Crippen LogP contribution >= 0.6 is 0 Å². The van der Waals surface area contributed by atoms with Crippen LogP contribution in [0.2, 0.25) is 0 Å². The number of amides is 2. The van der Waals surface area contributed by atoms with Crippen LogP contribution in [0.25, 0.3) is 0 Å². The van der Waals surface area contributed by atoms with Gasteiger partial charge < -0.3 is 10.6 Å². The zero-order chi connectivity index (χ0) is 15.5. The lowest BCUT2D eigenvalue weighted by molar-refractivity contribution is -0.183. The van der Waals surface area contributed by atoms with Gasteiger partial charge in [-0.15, -0.1) is 0 Å². The molecule has 1 saturated carbocycles. The van der Waals surface area contributed by atoms with Gasteiger partial charge in [0.1, 0.15) is 5.82 Å². The number of urea groups is 1. The molecular formula is C14H16F4N2O. The van der Waals surface area contributed by atoms with Gasteiger partial charge in [-0.2, -0.15) is 13.2 Å². The maximum atomic E-state index is 13.4. The molecule has 1 aliphatic carbocycles. The molecule has 1 aliphatic rings. The fourth-order valence-corrected chi connectivity index (χ4v) is 2.52. The van der Waals surface area contributed by atoms with Gasteiger partial charge in [-0.1, -0.05) is 18.6 Å². The molecule has 116 valence electrons. The number of hydrogen-bond acceptors (Lipinski definition) is 1. The first kappa shape index (κ1) is 15.6. The van der Waals surface area contributed by atoms with Crippen LogP contribution in [0.3, 0.4) is 0 Å². The average Bonchev–Trinajstić information content (AvgIpc) is 2.41. The quantitative estimate of drug-likeness (QED) is 0.795. The van der Waals surface area contributed by atoms with Crippen LogP contribution in [0, 0.1) is 11.7 Å². The molecule has 0 radical (unpaired) electrons. The summed E-state index contributed by atoms with van der Waals surface area (Å²) in [5, 5.41) is 4.78. The van der Waals surface area contributed by atoms with E-state index in [1.54, 1.807) is 6.07 Å². The van der Waals surface area contributed by atoms with Gasteiger partial charge in [-0.3, -0.25) is 0 Å². The summed E-state index contributed by atoms with van der Waals surface area (Å²) in [5.41, 5.74) is -0.00168. The Morgan fingerprint density at radius 2 is 1.90 bits per heavy atom. The number of nitrogens with one attached hydrogen (secondary N) is 2. The maximum absolute atomic E-state index is 13.4. The number of benzene rings is 1. The average molecular weight is 304 g/mol. The monoisotopic (exact) mass is 304 g/mol. The maximum Gasteiger partial charge on any atom is 0.391 e. The fraction of sp³-hybridized carbons (Fsp3) is 0.500. The molecule has 2 unspecified atom stereocenters. The zero-order valence-corrected chi connectivity index (χ0v) is 11.2. The molecule has 1 fully saturated rings. The van der Waals surface area contributed by atoms with Crippen molar-refractivity contribution in [3.05, 3.63) is 30.1 Å². The van der Waals surface area contributed by atoms with Crippen molar-refractivity contribution in [2.45, 2.75) is 37.9 Å². The van der Waals surface area contributed by atoms with Crippen molar-refractivity contribution in [2.24, 2.45) is 5.92 Å². The molecule has 0 bridgehead atoms.